The van der Waals surface area contributed by atoms with Crippen LogP contribution in [-0.4, -0.2) is 31.3 Å². The molecule has 0 amide bonds. The van der Waals surface area contributed by atoms with Crippen LogP contribution in [0.5, 0.6) is 0 Å². The molecule has 128 valence electrons. The average Bonchev–Trinajstić information content (AvgIpc) is 3.20. The number of hydrogen-bond donors (Lipinski definition) is 3. The third kappa shape index (κ3) is 3.19. The fraction of sp³-hybridized carbons (Fsp3) is 0.625. The van der Waals surface area contributed by atoms with Gasteiger partial charge in [0.15, 0.2) is 5.82 Å². The molecule has 2 saturated carbocycles. The van der Waals surface area contributed by atoms with Crippen LogP contribution in [0.15, 0.2) is 10.6 Å². The van der Waals surface area contributed by atoms with E-state index in [9.17, 15) is 5.11 Å². The Labute approximate surface area is 139 Å². The first-order chi connectivity index (χ1) is 11.7. The number of anilines is 2. The van der Waals surface area contributed by atoms with Gasteiger partial charge in [-0.15, -0.1) is 0 Å². The molecule has 0 atom stereocenters. The van der Waals surface area contributed by atoms with Crippen LogP contribution in [0, 0.1) is 0 Å². The van der Waals surface area contributed by atoms with Gasteiger partial charge in [0.25, 0.3) is 0 Å². The summed E-state index contributed by atoms with van der Waals surface area (Å²) < 4.78 is 5.37. The van der Waals surface area contributed by atoms with Crippen LogP contribution in [0.25, 0.3) is 0 Å². The van der Waals surface area contributed by atoms with Gasteiger partial charge < -0.3 is 20.7 Å². The summed E-state index contributed by atoms with van der Waals surface area (Å²) in [5.74, 6) is 2.91. The van der Waals surface area contributed by atoms with E-state index in [0.717, 1.165) is 37.3 Å². The van der Waals surface area contributed by atoms with Crippen LogP contribution in [0.1, 0.15) is 67.8 Å². The van der Waals surface area contributed by atoms with Crippen LogP contribution >= 0.6 is 0 Å². The zero-order valence-electron chi connectivity index (χ0n) is 13.5. The Morgan fingerprint density at radius 1 is 1.17 bits per heavy atom. The second-order valence-corrected chi connectivity index (χ2v) is 6.74. The summed E-state index contributed by atoms with van der Waals surface area (Å²) in [6.07, 6.45) is 5.97. The van der Waals surface area contributed by atoms with Gasteiger partial charge in [-0.3, -0.25) is 0 Å². The molecule has 2 fully saturated rings. The van der Waals surface area contributed by atoms with Crippen molar-refractivity contribution < 1.29 is 9.63 Å². The highest BCUT2D eigenvalue weighted by Crippen LogP contribution is 2.36. The fourth-order valence-corrected chi connectivity index (χ4v) is 3.46. The number of nitrogen functional groups attached to an aromatic ring is 1. The van der Waals surface area contributed by atoms with Crippen molar-refractivity contribution in [3.8, 4) is 0 Å². The second-order valence-electron chi connectivity index (χ2n) is 6.74. The predicted molar refractivity (Wildman–Crippen MR) is 87.3 cm³/mol. The summed E-state index contributed by atoms with van der Waals surface area (Å²) in [4.78, 5) is 12.9. The first-order valence-corrected chi connectivity index (χ1v) is 8.56. The standard InChI is InChI=1S/C16H22N6O2/c17-16-19-12(10-5-11(23)6-10)7-13(21-16)18-8-14-20-15(24-22-14)9-3-1-2-4-9/h7,9-11,23H,1-6,8H2,(H3,17,18,19,21). The molecule has 2 aromatic heterocycles. The highest BCUT2D eigenvalue weighted by molar-refractivity contribution is 5.42. The highest BCUT2D eigenvalue weighted by atomic mass is 16.5. The lowest BCUT2D eigenvalue weighted by molar-refractivity contribution is 0.0732. The van der Waals surface area contributed by atoms with E-state index < -0.39 is 0 Å². The van der Waals surface area contributed by atoms with E-state index in [4.69, 9.17) is 10.3 Å². The third-order valence-corrected chi connectivity index (χ3v) is 4.91. The number of nitrogens with zero attached hydrogens (tertiary/aromatic N) is 4. The van der Waals surface area contributed by atoms with Crippen LogP contribution in [0.2, 0.25) is 0 Å². The average molecular weight is 330 g/mol. The lowest BCUT2D eigenvalue weighted by atomic mass is 9.80. The summed E-state index contributed by atoms with van der Waals surface area (Å²) in [6, 6.07) is 1.88. The number of hydrogen-bond acceptors (Lipinski definition) is 8. The number of aliphatic hydroxyl groups is 1. The number of rotatable bonds is 5. The number of nitrogens with one attached hydrogen (secondary N) is 1. The van der Waals surface area contributed by atoms with E-state index in [1.54, 1.807) is 0 Å². The lowest BCUT2D eigenvalue weighted by Gasteiger charge is -2.30. The Kier molecular flexibility index (Phi) is 4.05. The Hall–Kier alpha value is -2.22. The van der Waals surface area contributed by atoms with Crippen LogP contribution in [-0.2, 0) is 6.54 Å². The van der Waals surface area contributed by atoms with Crippen molar-refractivity contribution in [2.75, 3.05) is 11.1 Å². The smallest absolute Gasteiger partial charge is 0.229 e. The van der Waals surface area contributed by atoms with Gasteiger partial charge in [-0.1, -0.05) is 18.0 Å². The van der Waals surface area contributed by atoms with E-state index in [0.29, 0.717) is 24.1 Å². The second kappa shape index (κ2) is 6.35. The van der Waals surface area contributed by atoms with Crippen molar-refractivity contribution >= 4 is 11.8 Å². The molecule has 2 aromatic rings. The highest BCUT2D eigenvalue weighted by Gasteiger charge is 2.30. The van der Waals surface area contributed by atoms with Gasteiger partial charge in [0.2, 0.25) is 11.8 Å². The minimum Gasteiger partial charge on any atom is -0.393 e. The molecule has 0 radical (unpaired) electrons. The van der Waals surface area contributed by atoms with Crippen LogP contribution < -0.4 is 11.1 Å². The number of aliphatic hydroxyl groups excluding tert-OH is 1. The maximum Gasteiger partial charge on any atom is 0.229 e. The van der Waals surface area contributed by atoms with Crippen LogP contribution in [0.4, 0.5) is 11.8 Å². The summed E-state index contributed by atoms with van der Waals surface area (Å²) >= 11 is 0. The largest absolute Gasteiger partial charge is 0.393 e. The molecule has 4 N–H and O–H groups in total. The van der Waals surface area contributed by atoms with Gasteiger partial charge in [-0.05, 0) is 25.7 Å². The van der Waals surface area contributed by atoms with Crippen molar-refractivity contribution in [1.29, 1.82) is 0 Å². The summed E-state index contributed by atoms with van der Waals surface area (Å²) in [6.45, 7) is 0.430. The molecule has 2 heterocycles. The predicted octanol–water partition coefficient (Wildman–Crippen LogP) is 1.95. The molecular weight excluding hydrogens is 308 g/mol. The first kappa shape index (κ1) is 15.3. The van der Waals surface area contributed by atoms with Gasteiger partial charge >= 0.3 is 0 Å². The molecule has 4 rings (SSSR count). The van der Waals surface area contributed by atoms with Crippen molar-refractivity contribution in [2.45, 2.75) is 63.0 Å². The quantitative estimate of drug-likeness (QED) is 0.760. The number of aromatic nitrogens is 4. The molecule has 0 spiro atoms. The van der Waals surface area contributed by atoms with E-state index in [1.807, 2.05) is 6.07 Å². The molecule has 0 bridgehead atoms. The van der Waals surface area contributed by atoms with Gasteiger partial charge in [0.05, 0.1) is 18.3 Å². The maximum absolute atomic E-state index is 9.45. The molecule has 2 aliphatic rings. The fourth-order valence-electron chi connectivity index (χ4n) is 3.46. The van der Waals surface area contributed by atoms with Gasteiger partial charge in [0.1, 0.15) is 5.82 Å². The molecule has 0 unspecified atom stereocenters. The number of nitrogens with two attached hydrogens (primary N) is 1. The molecule has 0 saturated heterocycles. The van der Waals surface area contributed by atoms with E-state index in [-0.39, 0.29) is 18.0 Å². The minimum atomic E-state index is -0.226. The molecule has 0 aromatic carbocycles. The zero-order chi connectivity index (χ0) is 16.5. The maximum atomic E-state index is 9.45. The Morgan fingerprint density at radius 2 is 1.96 bits per heavy atom. The minimum absolute atomic E-state index is 0.226. The molecular formula is C16H22N6O2. The van der Waals surface area contributed by atoms with Gasteiger partial charge in [-0.2, -0.15) is 9.97 Å². The van der Waals surface area contributed by atoms with E-state index >= 15 is 0 Å². The Bertz CT molecular complexity index is 706. The van der Waals surface area contributed by atoms with E-state index in [2.05, 4.69) is 25.4 Å². The topological polar surface area (TPSA) is 123 Å². The lowest BCUT2D eigenvalue weighted by Crippen LogP contribution is -2.27. The third-order valence-electron chi connectivity index (χ3n) is 4.91. The Balaban J connectivity index is 1.40. The van der Waals surface area contributed by atoms with Crippen molar-refractivity contribution in [2.24, 2.45) is 0 Å². The molecule has 0 aliphatic heterocycles. The first-order valence-electron chi connectivity index (χ1n) is 8.56. The van der Waals surface area contributed by atoms with Crippen molar-refractivity contribution in [1.82, 2.24) is 20.1 Å². The Morgan fingerprint density at radius 3 is 2.71 bits per heavy atom. The molecule has 8 heteroatoms. The SMILES string of the molecule is Nc1nc(NCc2noc(C3CCCC3)n2)cc(C2CC(O)C2)n1. The summed E-state index contributed by atoms with van der Waals surface area (Å²) in [5, 5.41) is 16.7. The zero-order valence-corrected chi connectivity index (χ0v) is 13.5. The van der Waals surface area contributed by atoms with Crippen molar-refractivity contribution in [3.63, 3.8) is 0 Å². The normalized spacial score (nSPS) is 24.0. The monoisotopic (exact) mass is 330 g/mol. The molecule has 24 heavy (non-hydrogen) atoms. The van der Waals surface area contributed by atoms with Crippen molar-refractivity contribution in [3.05, 3.63) is 23.5 Å². The summed E-state index contributed by atoms with van der Waals surface area (Å²) in [5.41, 5.74) is 6.66. The molecule has 2 aliphatic carbocycles. The molecule has 8 nitrogen and oxygen atoms in total. The summed E-state index contributed by atoms with van der Waals surface area (Å²) in [7, 11) is 0. The van der Waals surface area contributed by atoms with E-state index in [1.165, 1.54) is 12.8 Å². The van der Waals surface area contributed by atoms with Crippen LogP contribution in [0.3, 0.4) is 0 Å². The van der Waals surface area contributed by atoms with Gasteiger partial charge in [-0.25, -0.2) is 4.98 Å². The van der Waals surface area contributed by atoms with Gasteiger partial charge in [0, 0.05) is 17.9 Å².